The molecule has 25 heavy (non-hydrogen) atoms. The summed E-state index contributed by atoms with van der Waals surface area (Å²) in [6, 6.07) is 0.625. The van der Waals surface area contributed by atoms with Gasteiger partial charge in [0, 0.05) is 86.0 Å². The molecule has 2 fully saturated rings. The molecule has 3 heterocycles. The van der Waals surface area contributed by atoms with Crippen LogP contribution in [0.3, 0.4) is 0 Å². The number of halogens is 1. The van der Waals surface area contributed by atoms with Crippen molar-refractivity contribution in [3.8, 4) is 0 Å². The first-order valence-electron chi connectivity index (χ1n) is 9.15. The zero-order valence-corrected chi connectivity index (χ0v) is 18.1. The Kier molecular flexibility index (Phi) is 6.93. The van der Waals surface area contributed by atoms with Gasteiger partial charge in [-0.2, -0.15) is 0 Å². The molecular formula is C17H28IN5OS. The molecule has 0 spiro atoms. The van der Waals surface area contributed by atoms with Gasteiger partial charge in [-0.25, -0.2) is 8.10 Å². The van der Waals surface area contributed by atoms with Crippen LogP contribution in [0, 0.1) is 5.92 Å². The van der Waals surface area contributed by atoms with E-state index in [4.69, 9.17) is 4.98 Å². The zero-order chi connectivity index (χ0) is 17.8. The van der Waals surface area contributed by atoms with Crippen LogP contribution in [0.5, 0.6) is 0 Å². The summed E-state index contributed by atoms with van der Waals surface area (Å²) in [5, 5.41) is 6.68. The lowest BCUT2D eigenvalue weighted by Crippen LogP contribution is -2.49. The SMILES string of the molecule is CC(C)C(=O)N1CCN(Cc2csc(NCC3CCCN3I)n2)CC1. The molecule has 2 saturated heterocycles. The van der Waals surface area contributed by atoms with Crippen LogP contribution in [0.1, 0.15) is 32.4 Å². The average Bonchev–Trinajstić information content (AvgIpc) is 3.21. The Morgan fingerprint density at radius 2 is 2.12 bits per heavy atom. The average molecular weight is 477 g/mol. The summed E-state index contributed by atoms with van der Waals surface area (Å²) in [4.78, 5) is 21.2. The lowest BCUT2D eigenvalue weighted by atomic mass is 10.1. The van der Waals surface area contributed by atoms with Gasteiger partial charge in [-0.15, -0.1) is 11.3 Å². The number of carbonyl (C=O) groups is 1. The van der Waals surface area contributed by atoms with Gasteiger partial charge in [0.25, 0.3) is 0 Å². The Bertz CT molecular complexity index is 573. The normalized spacial score (nSPS) is 22.7. The highest BCUT2D eigenvalue weighted by Crippen LogP contribution is 2.23. The molecule has 2 aliphatic rings. The maximum atomic E-state index is 12.1. The van der Waals surface area contributed by atoms with Crippen LogP contribution >= 0.6 is 34.2 Å². The standard InChI is InChI=1S/C17H28IN5OS/c1-13(2)16(24)22-8-6-21(7-9-22)11-14-12-25-17(20-14)19-10-15-4-3-5-23(15)18/h12-13,15H,3-11H2,1-2H3,(H,19,20). The molecule has 1 aromatic rings. The van der Waals surface area contributed by atoms with E-state index in [1.165, 1.54) is 19.4 Å². The second-order valence-corrected chi connectivity index (χ2v) is 9.30. The highest BCUT2D eigenvalue weighted by atomic mass is 127. The van der Waals surface area contributed by atoms with Crippen molar-refractivity contribution in [2.75, 3.05) is 44.6 Å². The first-order valence-corrected chi connectivity index (χ1v) is 11.0. The molecule has 2 aliphatic heterocycles. The molecule has 0 aromatic carbocycles. The minimum Gasteiger partial charge on any atom is -0.360 e. The summed E-state index contributed by atoms with van der Waals surface area (Å²) in [7, 11) is 0. The van der Waals surface area contributed by atoms with Crippen molar-refractivity contribution in [2.45, 2.75) is 39.3 Å². The first kappa shape index (κ1) is 19.3. The quantitative estimate of drug-likeness (QED) is 0.505. The van der Waals surface area contributed by atoms with E-state index < -0.39 is 0 Å². The third-order valence-corrected chi connectivity index (χ3v) is 7.03. The number of hydrogen-bond donors (Lipinski definition) is 1. The van der Waals surface area contributed by atoms with Crippen molar-refractivity contribution in [2.24, 2.45) is 5.92 Å². The second-order valence-electron chi connectivity index (χ2n) is 7.20. The van der Waals surface area contributed by atoms with Crippen LogP contribution < -0.4 is 5.32 Å². The number of nitrogens with zero attached hydrogens (tertiary/aromatic N) is 4. The molecule has 8 heteroatoms. The van der Waals surface area contributed by atoms with Crippen LogP contribution in [0.15, 0.2) is 5.38 Å². The molecule has 0 bridgehead atoms. The molecule has 1 aromatic heterocycles. The Morgan fingerprint density at radius 1 is 1.36 bits per heavy atom. The highest BCUT2D eigenvalue weighted by Gasteiger charge is 2.24. The number of piperazine rings is 1. The van der Waals surface area contributed by atoms with Crippen molar-refractivity contribution in [3.63, 3.8) is 0 Å². The van der Waals surface area contributed by atoms with Crippen molar-refractivity contribution >= 4 is 45.2 Å². The smallest absolute Gasteiger partial charge is 0.225 e. The fourth-order valence-electron chi connectivity index (χ4n) is 3.39. The van der Waals surface area contributed by atoms with E-state index in [0.717, 1.165) is 50.1 Å². The number of amides is 1. The summed E-state index contributed by atoms with van der Waals surface area (Å²) in [5.74, 6) is 0.369. The van der Waals surface area contributed by atoms with Gasteiger partial charge in [0.05, 0.1) is 5.69 Å². The fourth-order valence-corrected chi connectivity index (χ4v) is 4.92. The van der Waals surface area contributed by atoms with Crippen molar-refractivity contribution < 1.29 is 4.79 Å². The summed E-state index contributed by atoms with van der Waals surface area (Å²) in [5.41, 5.74) is 1.13. The molecule has 0 aliphatic carbocycles. The molecule has 1 amide bonds. The van der Waals surface area contributed by atoms with E-state index in [0.29, 0.717) is 6.04 Å². The minimum atomic E-state index is 0.0945. The lowest BCUT2D eigenvalue weighted by Gasteiger charge is -2.35. The Morgan fingerprint density at radius 3 is 2.76 bits per heavy atom. The van der Waals surface area contributed by atoms with Gasteiger partial charge in [0.15, 0.2) is 5.13 Å². The van der Waals surface area contributed by atoms with Crippen LogP contribution in [0.25, 0.3) is 0 Å². The topological polar surface area (TPSA) is 51.7 Å². The Balaban J connectivity index is 1.42. The number of carbonyl (C=O) groups excluding carboxylic acids is 1. The predicted molar refractivity (Wildman–Crippen MR) is 111 cm³/mol. The Hall–Kier alpha value is -0.450. The van der Waals surface area contributed by atoms with Gasteiger partial charge >= 0.3 is 0 Å². The summed E-state index contributed by atoms with van der Waals surface area (Å²) < 4.78 is 2.40. The maximum Gasteiger partial charge on any atom is 0.225 e. The Labute approximate surface area is 168 Å². The van der Waals surface area contributed by atoms with E-state index in [9.17, 15) is 4.79 Å². The number of rotatable bonds is 6. The molecule has 140 valence electrons. The van der Waals surface area contributed by atoms with E-state index in [1.807, 2.05) is 18.7 Å². The van der Waals surface area contributed by atoms with Gasteiger partial charge < -0.3 is 10.2 Å². The van der Waals surface area contributed by atoms with Crippen LogP contribution in [0.2, 0.25) is 0 Å². The van der Waals surface area contributed by atoms with Crippen LogP contribution in [0.4, 0.5) is 5.13 Å². The molecule has 0 saturated carbocycles. The monoisotopic (exact) mass is 477 g/mol. The maximum absolute atomic E-state index is 12.1. The van der Waals surface area contributed by atoms with E-state index in [1.54, 1.807) is 11.3 Å². The van der Waals surface area contributed by atoms with Crippen molar-refractivity contribution in [1.82, 2.24) is 17.9 Å². The third-order valence-electron chi connectivity index (χ3n) is 4.91. The van der Waals surface area contributed by atoms with Crippen LogP contribution in [-0.4, -0.2) is 69.1 Å². The molecule has 3 rings (SSSR count). The fraction of sp³-hybridized carbons (Fsp3) is 0.765. The van der Waals surface area contributed by atoms with Crippen LogP contribution in [-0.2, 0) is 11.3 Å². The van der Waals surface area contributed by atoms with E-state index in [-0.39, 0.29) is 11.8 Å². The van der Waals surface area contributed by atoms with E-state index in [2.05, 4.69) is 41.6 Å². The third kappa shape index (κ3) is 5.27. The van der Waals surface area contributed by atoms with Gasteiger partial charge in [0.2, 0.25) is 5.91 Å². The zero-order valence-electron chi connectivity index (χ0n) is 15.1. The molecule has 1 N–H and O–H groups in total. The number of thiazole rings is 1. The predicted octanol–water partition coefficient (Wildman–Crippen LogP) is 2.67. The summed E-state index contributed by atoms with van der Waals surface area (Å²) >= 11 is 4.13. The van der Waals surface area contributed by atoms with Crippen molar-refractivity contribution in [1.29, 1.82) is 0 Å². The number of anilines is 1. The van der Waals surface area contributed by atoms with Crippen molar-refractivity contribution in [3.05, 3.63) is 11.1 Å². The second kappa shape index (κ2) is 8.96. The number of nitrogens with one attached hydrogen (secondary N) is 1. The van der Waals surface area contributed by atoms with Gasteiger partial charge in [0.1, 0.15) is 0 Å². The largest absolute Gasteiger partial charge is 0.360 e. The number of aromatic nitrogens is 1. The lowest BCUT2D eigenvalue weighted by molar-refractivity contribution is -0.136. The van der Waals surface area contributed by atoms with E-state index >= 15 is 0 Å². The number of hydrogen-bond acceptors (Lipinski definition) is 6. The molecular weight excluding hydrogens is 449 g/mol. The summed E-state index contributed by atoms with van der Waals surface area (Å²) in [6.07, 6.45) is 2.57. The summed E-state index contributed by atoms with van der Waals surface area (Å²) in [6.45, 7) is 10.5. The first-order chi connectivity index (χ1) is 12.0. The molecule has 1 atom stereocenters. The van der Waals surface area contributed by atoms with Gasteiger partial charge in [-0.05, 0) is 12.8 Å². The highest BCUT2D eigenvalue weighted by molar-refractivity contribution is 14.1. The van der Waals surface area contributed by atoms with Gasteiger partial charge in [-0.3, -0.25) is 9.69 Å². The molecule has 6 nitrogen and oxygen atoms in total. The molecule has 1 unspecified atom stereocenters. The molecule has 0 radical (unpaired) electrons. The van der Waals surface area contributed by atoms with Gasteiger partial charge in [-0.1, -0.05) is 13.8 Å². The minimum absolute atomic E-state index is 0.0945.